The molecular formula is C11H14O5. The highest BCUT2D eigenvalue weighted by Crippen LogP contribution is 2.29. The molecule has 0 saturated heterocycles. The van der Waals surface area contributed by atoms with Crippen molar-refractivity contribution < 1.29 is 24.5 Å². The molecule has 0 fully saturated rings. The number of carbonyl (C=O) groups excluding carboxylic acids is 1. The Balaban J connectivity index is 2.91. The number of phenolic OH excluding ortho intramolecular Hbond substituents is 1. The van der Waals surface area contributed by atoms with E-state index >= 15 is 0 Å². The standard InChI is InChI=1S/C11H14O5/c1-3-16-11(14)10(13)7-4-5-8(12)9(6-7)15-2/h4-6,10,12-13H,3H2,1-2H3. The second-order valence-electron chi connectivity index (χ2n) is 3.09. The van der Waals surface area contributed by atoms with E-state index in [-0.39, 0.29) is 18.1 Å². The summed E-state index contributed by atoms with van der Waals surface area (Å²) in [7, 11) is 1.38. The zero-order chi connectivity index (χ0) is 12.1. The van der Waals surface area contributed by atoms with E-state index in [1.54, 1.807) is 6.92 Å². The van der Waals surface area contributed by atoms with Gasteiger partial charge in [-0.2, -0.15) is 0 Å². The minimum absolute atomic E-state index is 0.0534. The van der Waals surface area contributed by atoms with Crippen LogP contribution in [0.4, 0.5) is 0 Å². The zero-order valence-electron chi connectivity index (χ0n) is 9.14. The summed E-state index contributed by atoms with van der Waals surface area (Å²) < 4.78 is 9.53. The highest BCUT2D eigenvalue weighted by atomic mass is 16.5. The number of benzene rings is 1. The number of phenols is 1. The summed E-state index contributed by atoms with van der Waals surface area (Å²) in [6.45, 7) is 1.85. The Labute approximate surface area is 93.2 Å². The van der Waals surface area contributed by atoms with Gasteiger partial charge in [-0.05, 0) is 24.6 Å². The molecule has 0 radical (unpaired) electrons. The molecule has 0 heterocycles. The first-order chi connectivity index (χ1) is 7.60. The lowest BCUT2D eigenvalue weighted by atomic mass is 10.1. The number of rotatable bonds is 4. The van der Waals surface area contributed by atoms with Crippen LogP contribution in [0.2, 0.25) is 0 Å². The van der Waals surface area contributed by atoms with Gasteiger partial charge in [-0.15, -0.1) is 0 Å². The number of methoxy groups -OCH3 is 1. The maximum Gasteiger partial charge on any atom is 0.339 e. The molecule has 1 aromatic rings. The Morgan fingerprint density at radius 2 is 2.19 bits per heavy atom. The predicted molar refractivity (Wildman–Crippen MR) is 56.3 cm³/mol. The van der Waals surface area contributed by atoms with Crippen LogP contribution in [-0.4, -0.2) is 29.9 Å². The van der Waals surface area contributed by atoms with Crippen molar-refractivity contribution in [2.75, 3.05) is 13.7 Å². The number of carbonyl (C=O) groups is 1. The molecule has 0 spiro atoms. The second kappa shape index (κ2) is 5.37. The molecule has 1 aromatic carbocycles. The summed E-state index contributed by atoms with van der Waals surface area (Å²) in [5.74, 6) is -0.585. The molecule has 5 nitrogen and oxygen atoms in total. The maximum atomic E-state index is 11.3. The second-order valence-corrected chi connectivity index (χ2v) is 3.09. The number of ether oxygens (including phenoxy) is 2. The average molecular weight is 226 g/mol. The Bertz CT molecular complexity index is 375. The molecule has 0 amide bonds. The zero-order valence-corrected chi connectivity index (χ0v) is 9.14. The molecule has 88 valence electrons. The summed E-state index contributed by atoms with van der Waals surface area (Å²) >= 11 is 0. The summed E-state index contributed by atoms with van der Waals surface area (Å²) in [5.41, 5.74) is 0.313. The van der Waals surface area contributed by atoms with Crippen LogP contribution < -0.4 is 4.74 Å². The fourth-order valence-electron chi connectivity index (χ4n) is 1.22. The van der Waals surface area contributed by atoms with Gasteiger partial charge in [0, 0.05) is 0 Å². The van der Waals surface area contributed by atoms with Crippen molar-refractivity contribution in [2.24, 2.45) is 0 Å². The van der Waals surface area contributed by atoms with Crippen molar-refractivity contribution in [1.29, 1.82) is 0 Å². The van der Waals surface area contributed by atoms with Crippen LogP contribution in [0.15, 0.2) is 18.2 Å². The Morgan fingerprint density at radius 3 is 2.75 bits per heavy atom. The van der Waals surface area contributed by atoms with E-state index < -0.39 is 12.1 Å². The first-order valence-electron chi connectivity index (χ1n) is 4.81. The van der Waals surface area contributed by atoms with Crippen molar-refractivity contribution in [3.8, 4) is 11.5 Å². The van der Waals surface area contributed by atoms with Crippen molar-refractivity contribution in [3.05, 3.63) is 23.8 Å². The van der Waals surface area contributed by atoms with Crippen molar-refractivity contribution >= 4 is 5.97 Å². The van der Waals surface area contributed by atoms with Crippen LogP contribution in [0.1, 0.15) is 18.6 Å². The normalized spacial score (nSPS) is 11.9. The van der Waals surface area contributed by atoms with Gasteiger partial charge in [-0.3, -0.25) is 0 Å². The number of aromatic hydroxyl groups is 1. The highest BCUT2D eigenvalue weighted by Gasteiger charge is 2.19. The largest absolute Gasteiger partial charge is 0.504 e. The molecule has 0 aliphatic heterocycles. The van der Waals surface area contributed by atoms with Gasteiger partial charge < -0.3 is 19.7 Å². The summed E-state index contributed by atoms with van der Waals surface area (Å²) in [5, 5.41) is 19.0. The van der Waals surface area contributed by atoms with Crippen molar-refractivity contribution in [1.82, 2.24) is 0 Å². The lowest BCUT2D eigenvalue weighted by Gasteiger charge is -2.11. The van der Waals surface area contributed by atoms with E-state index in [4.69, 9.17) is 4.74 Å². The van der Waals surface area contributed by atoms with Gasteiger partial charge in [0.25, 0.3) is 0 Å². The first kappa shape index (κ1) is 12.3. The van der Waals surface area contributed by atoms with E-state index in [9.17, 15) is 15.0 Å². The van der Waals surface area contributed by atoms with Crippen molar-refractivity contribution in [2.45, 2.75) is 13.0 Å². The number of esters is 1. The van der Waals surface area contributed by atoms with Gasteiger partial charge in [0.15, 0.2) is 17.6 Å². The van der Waals surface area contributed by atoms with E-state index in [1.165, 1.54) is 25.3 Å². The smallest absolute Gasteiger partial charge is 0.339 e. The highest BCUT2D eigenvalue weighted by molar-refractivity contribution is 5.76. The third-order valence-electron chi connectivity index (χ3n) is 2.03. The average Bonchev–Trinajstić information content (AvgIpc) is 2.29. The fourth-order valence-corrected chi connectivity index (χ4v) is 1.22. The van der Waals surface area contributed by atoms with Crippen molar-refractivity contribution in [3.63, 3.8) is 0 Å². The quantitative estimate of drug-likeness (QED) is 0.749. The van der Waals surface area contributed by atoms with Gasteiger partial charge in [-0.1, -0.05) is 6.07 Å². The molecule has 0 aromatic heterocycles. The molecule has 1 atom stereocenters. The maximum absolute atomic E-state index is 11.3. The molecule has 0 aliphatic carbocycles. The molecule has 0 aliphatic rings. The monoisotopic (exact) mass is 226 g/mol. The summed E-state index contributed by atoms with van der Waals surface area (Å²) in [4.78, 5) is 11.3. The van der Waals surface area contributed by atoms with E-state index in [2.05, 4.69) is 4.74 Å². The van der Waals surface area contributed by atoms with Crippen LogP contribution in [0.25, 0.3) is 0 Å². The van der Waals surface area contributed by atoms with E-state index in [1.807, 2.05) is 0 Å². The lowest BCUT2D eigenvalue weighted by molar-refractivity contribution is -0.153. The molecule has 16 heavy (non-hydrogen) atoms. The van der Waals surface area contributed by atoms with Crippen LogP contribution in [-0.2, 0) is 9.53 Å². The van der Waals surface area contributed by atoms with E-state index in [0.717, 1.165) is 0 Å². The molecule has 1 rings (SSSR count). The summed E-state index contributed by atoms with van der Waals surface area (Å²) in [6, 6.07) is 4.16. The fraction of sp³-hybridized carbons (Fsp3) is 0.364. The SMILES string of the molecule is CCOC(=O)C(O)c1ccc(O)c(OC)c1. The molecule has 2 N–H and O–H groups in total. The first-order valence-corrected chi connectivity index (χ1v) is 4.81. The molecule has 5 heteroatoms. The molecule has 1 unspecified atom stereocenters. The van der Waals surface area contributed by atoms with Crippen LogP contribution in [0.5, 0.6) is 11.5 Å². The predicted octanol–water partition coefficient (Wildman–Crippen LogP) is 0.997. The summed E-state index contributed by atoms with van der Waals surface area (Å²) in [6.07, 6.45) is -1.37. The van der Waals surface area contributed by atoms with Crippen LogP contribution in [0, 0.1) is 0 Å². The van der Waals surface area contributed by atoms with Gasteiger partial charge in [0.05, 0.1) is 13.7 Å². The topological polar surface area (TPSA) is 76.0 Å². The van der Waals surface area contributed by atoms with Gasteiger partial charge in [0.2, 0.25) is 0 Å². The molecule has 0 bridgehead atoms. The van der Waals surface area contributed by atoms with Gasteiger partial charge >= 0.3 is 5.97 Å². The Morgan fingerprint density at radius 1 is 1.50 bits per heavy atom. The van der Waals surface area contributed by atoms with Crippen LogP contribution >= 0.6 is 0 Å². The molecule has 0 saturated carbocycles. The Kier molecular flexibility index (Phi) is 4.13. The number of aliphatic hydroxyl groups excluding tert-OH is 1. The minimum atomic E-state index is -1.37. The van der Waals surface area contributed by atoms with Crippen LogP contribution in [0.3, 0.4) is 0 Å². The Hall–Kier alpha value is -1.75. The number of aliphatic hydroxyl groups is 1. The third kappa shape index (κ3) is 2.64. The van der Waals surface area contributed by atoms with E-state index in [0.29, 0.717) is 5.56 Å². The minimum Gasteiger partial charge on any atom is -0.504 e. The lowest BCUT2D eigenvalue weighted by Crippen LogP contribution is -2.15. The van der Waals surface area contributed by atoms with Gasteiger partial charge in [0.1, 0.15) is 0 Å². The number of hydrogen-bond acceptors (Lipinski definition) is 5. The third-order valence-corrected chi connectivity index (χ3v) is 2.03. The molecular weight excluding hydrogens is 212 g/mol. The van der Waals surface area contributed by atoms with Gasteiger partial charge in [-0.25, -0.2) is 4.79 Å². The number of hydrogen-bond donors (Lipinski definition) is 2.